The molecule has 0 atom stereocenters. The molecule has 0 bridgehead atoms. The number of aryl methyl sites for hydroxylation is 1. The topological polar surface area (TPSA) is 57.3 Å². The molecule has 5 nitrogen and oxygen atoms in total. The van der Waals surface area contributed by atoms with Gasteiger partial charge in [0.1, 0.15) is 0 Å². The fourth-order valence-electron chi connectivity index (χ4n) is 3.65. The molecule has 1 fully saturated rings. The minimum atomic E-state index is -0.143. The Morgan fingerprint density at radius 2 is 1.62 bits per heavy atom. The summed E-state index contributed by atoms with van der Waals surface area (Å²) in [6.07, 6.45) is 6.22. The molecular formula is C24H30N4O. The summed E-state index contributed by atoms with van der Waals surface area (Å²) in [5.41, 5.74) is 4.43. The van der Waals surface area contributed by atoms with Crippen molar-refractivity contribution in [2.24, 2.45) is 0 Å². The monoisotopic (exact) mass is 390 g/mol. The van der Waals surface area contributed by atoms with Crippen molar-refractivity contribution < 1.29 is 4.79 Å². The summed E-state index contributed by atoms with van der Waals surface area (Å²) in [4.78, 5) is 20.0. The van der Waals surface area contributed by atoms with Crippen LogP contribution in [-0.2, 0) is 6.42 Å². The average molecular weight is 391 g/mol. The Balaban J connectivity index is 1.99. The second-order valence-corrected chi connectivity index (χ2v) is 7.08. The summed E-state index contributed by atoms with van der Waals surface area (Å²) in [5, 5.41) is 6.44. The van der Waals surface area contributed by atoms with Crippen LogP contribution < -0.4 is 15.5 Å². The van der Waals surface area contributed by atoms with Crippen LogP contribution in [0.1, 0.15) is 42.2 Å². The van der Waals surface area contributed by atoms with Crippen LogP contribution in [0, 0.1) is 0 Å². The van der Waals surface area contributed by atoms with Gasteiger partial charge >= 0.3 is 0 Å². The maximum Gasteiger partial charge on any atom is 0.255 e. The Morgan fingerprint density at radius 1 is 1.00 bits per heavy atom. The Labute approximate surface area is 173 Å². The molecule has 152 valence electrons. The summed E-state index contributed by atoms with van der Waals surface area (Å²) in [5.74, 6) is -0.143. The van der Waals surface area contributed by atoms with E-state index >= 15 is 0 Å². The van der Waals surface area contributed by atoms with Crippen molar-refractivity contribution in [3.63, 3.8) is 0 Å². The van der Waals surface area contributed by atoms with Crippen LogP contribution >= 0.6 is 0 Å². The van der Waals surface area contributed by atoms with Crippen LogP contribution in [0.4, 0.5) is 17.1 Å². The van der Waals surface area contributed by atoms with E-state index in [1.54, 1.807) is 6.20 Å². The fourth-order valence-corrected chi connectivity index (χ4v) is 3.65. The number of amides is 1. The number of hydrogen-bond donors (Lipinski definition) is 2. The highest BCUT2D eigenvalue weighted by atomic mass is 16.1. The van der Waals surface area contributed by atoms with Gasteiger partial charge in [-0.3, -0.25) is 9.78 Å². The van der Waals surface area contributed by atoms with Crippen molar-refractivity contribution >= 4 is 23.0 Å². The molecule has 0 unspecified atom stereocenters. The van der Waals surface area contributed by atoms with Gasteiger partial charge < -0.3 is 15.5 Å². The molecular weight excluding hydrogens is 360 g/mol. The van der Waals surface area contributed by atoms with Gasteiger partial charge in [-0.05, 0) is 37.8 Å². The molecule has 0 radical (unpaired) electrons. The van der Waals surface area contributed by atoms with E-state index in [-0.39, 0.29) is 5.91 Å². The van der Waals surface area contributed by atoms with Crippen LogP contribution in [0.5, 0.6) is 0 Å². The van der Waals surface area contributed by atoms with E-state index in [9.17, 15) is 4.79 Å². The van der Waals surface area contributed by atoms with E-state index in [0.717, 1.165) is 42.3 Å². The Kier molecular flexibility index (Phi) is 7.45. The number of hydrogen-bond acceptors (Lipinski definition) is 4. The fraction of sp³-hybridized carbons (Fsp3) is 0.333. The minimum absolute atomic E-state index is 0.143. The molecule has 0 spiro atoms. The molecule has 1 saturated heterocycles. The van der Waals surface area contributed by atoms with Crippen LogP contribution in [0.15, 0.2) is 60.8 Å². The van der Waals surface area contributed by atoms with Gasteiger partial charge in [0, 0.05) is 25.7 Å². The first-order valence-corrected chi connectivity index (χ1v) is 10.4. The normalized spacial score (nSPS) is 13.4. The van der Waals surface area contributed by atoms with Crippen molar-refractivity contribution in [2.45, 2.75) is 32.6 Å². The first-order chi connectivity index (χ1) is 14.2. The van der Waals surface area contributed by atoms with Crippen molar-refractivity contribution in [1.82, 2.24) is 4.98 Å². The van der Waals surface area contributed by atoms with E-state index in [0.29, 0.717) is 5.56 Å². The lowest BCUT2D eigenvalue weighted by molar-refractivity contribution is 0.102. The predicted molar refractivity (Wildman–Crippen MR) is 121 cm³/mol. The molecule has 3 rings (SSSR count). The molecule has 2 aromatic rings. The van der Waals surface area contributed by atoms with Gasteiger partial charge in [-0.15, -0.1) is 0 Å². The van der Waals surface area contributed by atoms with Crippen LogP contribution in [-0.4, -0.2) is 31.0 Å². The third-order valence-corrected chi connectivity index (χ3v) is 5.12. The summed E-state index contributed by atoms with van der Waals surface area (Å²) < 4.78 is 0. The zero-order chi connectivity index (χ0) is 20.5. The minimum Gasteiger partial charge on any atom is -0.385 e. The number of anilines is 3. The second kappa shape index (κ2) is 10.5. The van der Waals surface area contributed by atoms with Gasteiger partial charge in [-0.25, -0.2) is 0 Å². The van der Waals surface area contributed by atoms with Crippen LogP contribution in [0.3, 0.4) is 0 Å². The summed E-state index contributed by atoms with van der Waals surface area (Å²) in [6, 6.07) is 17.0. The number of pyridine rings is 1. The van der Waals surface area contributed by atoms with Crippen molar-refractivity contribution in [3.8, 4) is 0 Å². The Hall–Kier alpha value is -3.08. The van der Waals surface area contributed by atoms with Crippen molar-refractivity contribution in [2.75, 3.05) is 35.7 Å². The summed E-state index contributed by atoms with van der Waals surface area (Å²) in [7, 11) is 1.92. The van der Waals surface area contributed by atoms with Gasteiger partial charge in [-0.1, -0.05) is 49.4 Å². The molecule has 0 aliphatic carbocycles. The van der Waals surface area contributed by atoms with E-state index in [1.807, 2.05) is 61.6 Å². The standard InChI is InChI=1S/C24H30N4O/c1-3-20-22(25-2)23(28-16-12-9-13-17-28)21(18-26-20)27-24(29)19-14-10-7-5-4-6-8-11-15-19/h4-8,10-11,14-15,18,25H,3,9,12-13,16-17H2,1-2H3,(H,27,29). The summed E-state index contributed by atoms with van der Waals surface area (Å²) in [6.45, 7) is 4.09. The van der Waals surface area contributed by atoms with Gasteiger partial charge in [0.2, 0.25) is 0 Å². The molecule has 2 N–H and O–H groups in total. The number of nitrogens with zero attached hydrogens (tertiary/aromatic N) is 2. The van der Waals surface area contributed by atoms with Crippen LogP contribution in [0.25, 0.3) is 0 Å². The molecule has 2 heterocycles. The smallest absolute Gasteiger partial charge is 0.255 e. The molecule has 0 saturated carbocycles. The van der Waals surface area contributed by atoms with Gasteiger partial charge in [0.15, 0.2) is 0 Å². The van der Waals surface area contributed by atoms with Crippen LogP contribution in [0.2, 0.25) is 0 Å². The largest absolute Gasteiger partial charge is 0.385 e. The summed E-state index contributed by atoms with van der Waals surface area (Å²) >= 11 is 0. The average Bonchev–Trinajstić information content (AvgIpc) is 2.77. The van der Waals surface area contributed by atoms with Crippen molar-refractivity contribution in [1.29, 1.82) is 0 Å². The molecule has 1 aromatic carbocycles. The van der Waals surface area contributed by atoms with Gasteiger partial charge in [0.05, 0.1) is 29.0 Å². The quantitative estimate of drug-likeness (QED) is 0.750. The lowest BCUT2D eigenvalue weighted by atomic mass is 10.1. The van der Waals surface area contributed by atoms with E-state index in [2.05, 4.69) is 27.4 Å². The number of carbonyl (C=O) groups is 1. The first-order valence-electron chi connectivity index (χ1n) is 10.4. The van der Waals surface area contributed by atoms with E-state index < -0.39 is 0 Å². The zero-order valence-electron chi connectivity index (χ0n) is 17.3. The molecule has 1 aliphatic rings. The third-order valence-electron chi connectivity index (χ3n) is 5.12. The lowest BCUT2D eigenvalue weighted by Gasteiger charge is -2.32. The molecule has 1 aromatic heterocycles. The molecule has 1 amide bonds. The molecule has 5 heteroatoms. The van der Waals surface area contributed by atoms with E-state index in [4.69, 9.17) is 0 Å². The van der Waals surface area contributed by atoms with Crippen molar-refractivity contribution in [3.05, 3.63) is 72.1 Å². The number of nitrogens with one attached hydrogen (secondary N) is 2. The number of carbonyl (C=O) groups excluding carboxylic acids is 1. The number of aromatic nitrogens is 1. The number of piperidine rings is 1. The predicted octanol–water partition coefficient (Wildman–Crippen LogP) is 5.05. The zero-order valence-corrected chi connectivity index (χ0v) is 17.3. The van der Waals surface area contributed by atoms with Gasteiger partial charge in [0.25, 0.3) is 5.91 Å². The highest BCUT2D eigenvalue weighted by Gasteiger charge is 2.22. The Morgan fingerprint density at radius 3 is 2.21 bits per heavy atom. The number of rotatable bonds is 5. The van der Waals surface area contributed by atoms with E-state index in [1.165, 1.54) is 19.3 Å². The maximum atomic E-state index is 13.0. The second-order valence-electron chi connectivity index (χ2n) is 7.08. The lowest BCUT2D eigenvalue weighted by Crippen LogP contribution is -2.31. The highest BCUT2D eigenvalue weighted by molar-refractivity contribution is 6.06. The molecule has 29 heavy (non-hydrogen) atoms. The maximum absolute atomic E-state index is 13.0. The highest BCUT2D eigenvalue weighted by Crippen LogP contribution is 2.37. The Bertz CT molecular complexity index is 865. The first kappa shape index (κ1) is 20.6. The third kappa shape index (κ3) is 5.25. The molecule has 1 aliphatic heterocycles. The van der Waals surface area contributed by atoms with Gasteiger partial charge in [-0.2, -0.15) is 0 Å². The SMILES string of the molecule is CCc1ncc(NC(=O)c2ccccccccc2)c(N2CCCCC2)c1NC.